The molecule has 114 valence electrons. The molecule has 3 aromatic rings. The van der Waals surface area contributed by atoms with E-state index in [0.717, 1.165) is 28.0 Å². The number of nitrogens with zero attached hydrogens (tertiary/aromatic N) is 2. The van der Waals surface area contributed by atoms with Crippen LogP contribution in [0.2, 0.25) is 0 Å². The minimum Gasteiger partial charge on any atom is -0.335 e. The Morgan fingerprint density at radius 1 is 0.870 bits per heavy atom. The number of amidine groups is 1. The molecule has 0 saturated carbocycles. The van der Waals surface area contributed by atoms with Crippen molar-refractivity contribution < 1.29 is 0 Å². The van der Waals surface area contributed by atoms with Crippen LogP contribution in [0.4, 0.5) is 11.4 Å². The lowest BCUT2D eigenvalue weighted by molar-refractivity contribution is 1.18. The minimum atomic E-state index is 0.770. The topological polar surface area (TPSA) is 37.3 Å². The van der Waals surface area contributed by atoms with Gasteiger partial charge >= 0.3 is 0 Å². The standard InChI is InChI=1S/C19H17N3S/c1-3-9-16(10-4-1)21-19(22-17-11-5-2-6-12-17)23-15-18-13-7-8-14-20-18/h1-14H,15H2,(H,21,22). The first kappa shape index (κ1) is 15.3. The summed E-state index contributed by atoms with van der Waals surface area (Å²) in [5.41, 5.74) is 2.99. The highest BCUT2D eigenvalue weighted by molar-refractivity contribution is 8.13. The van der Waals surface area contributed by atoms with Crippen LogP contribution in [0.5, 0.6) is 0 Å². The van der Waals surface area contributed by atoms with Crippen molar-refractivity contribution in [3.8, 4) is 0 Å². The number of para-hydroxylation sites is 2. The van der Waals surface area contributed by atoms with Crippen molar-refractivity contribution in [2.24, 2.45) is 4.99 Å². The molecule has 1 aromatic heterocycles. The second kappa shape index (κ2) is 8.15. The zero-order valence-corrected chi connectivity index (χ0v) is 13.4. The molecular weight excluding hydrogens is 302 g/mol. The molecule has 1 N–H and O–H groups in total. The third-order valence-corrected chi connectivity index (χ3v) is 4.00. The molecule has 0 radical (unpaired) electrons. The van der Waals surface area contributed by atoms with Crippen LogP contribution in [0.3, 0.4) is 0 Å². The Balaban J connectivity index is 1.77. The number of nitrogens with one attached hydrogen (secondary N) is 1. The van der Waals surface area contributed by atoms with Gasteiger partial charge in [-0.1, -0.05) is 54.2 Å². The number of thioether (sulfide) groups is 1. The van der Waals surface area contributed by atoms with Crippen LogP contribution in [0, 0.1) is 0 Å². The van der Waals surface area contributed by atoms with E-state index < -0.39 is 0 Å². The van der Waals surface area contributed by atoms with Crippen molar-refractivity contribution >= 4 is 28.3 Å². The monoisotopic (exact) mass is 319 g/mol. The number of rotatable bonds is 4. The average Bonchev–Trinajstić information content (AvgIpc) is 2.62. The molecule has 0 atom stereocenters. The molecule has 2 aromatic carbocycles. The fourth-order valence-electron chi connectivity index (χ4n) is 1.99. The number of pyridine rings is 1. The van der Waals surface area contributed by atoms with E-state index in [2.05, 4.69) is 10.3 Å². The third kappa shape index (κ3) is 4.97. The Morgan fingerprint density at radius 3 is 2.26 bits per heavy atom. The Bertz CT molecular complexity index is 743. The Kier molecular flexibility index (Phi) is 5.43. The van der Waals surface area contributed by atoms with E-state index in [0.29, 0.717) is 0 Å². The summed E-state index contributed by atoms with van der Waals surface area (Å²) in [7, 11) is 0. The van der Waals surface area contributed by atoms with E-state index in [1.807, 2.05) is 85.1 Å². The lowest BCUT2D eigenvalue weighted by Crippen LogP contribution is -2.08. The third-order valence-electron chi connectivity index (χ3n) is 3.09. The molecule has 3 rings (SSSR count). The zero-order valence-electron chi connectivity index (χ0n) is 12.6. The molecule has 0 spiro atoms. The lowest BCUT2D eigenvalue weighted by Gasteiger charge is -2.09. The molecule has 23 heavy (non-hydrogen) atoms. The summed E-state index contributed by atoms with van der Waals surface area (Å²) in [5, 5.41) is 4.24. The van der Waals surface area contributed by atoms with E-state index in [9.17, 15) is 0 Å². The van der Waals surface area contributed by atoms with Gasteiger partial charge in [-0.05, 0) is 36.4 Å². The predicted octanol–water partition coefficient (Wildman–Crippen LogP) is 5.11. The van der Waals surface area contributed by atoms with Gasteiger partial charge in [-0.25, -0.2) is 4.99 Å². The molecule has 0 aliphatic carbocycles. The van der Waals surface area contributed by atoms with Gasteiger partial charge < -0.3 is 5.32 Å². The Labute approximate surface area is 140 Å². The summed E-state index contributed by atoms with van der Waals surface area (Å²) < 4.78 is 0. The maximum atomic E-state index is 4.71. The molecule has 0 amide bonds. The molecule has 0 aliphatic rings. The fraction of sp³-hybridized carbons (Fsp3) is 0.0526. The van der Waals surface area contributed by atoms with Gasteiger partial charge in [0.25, 0.3) is 0 Å². The zero-order chi connectivity index (χ0) is 15.7. The van der Waals surface area contributed by atoms with E-state index in [4.69, 9.17) is 4.99 Å². The van der Waals surface area contributed by atoms with Crippen molar-refractivity contribution in [3.63, 3.8) is 0 Å². The van der Waals surface area contributed by atoms with Crippen LogP contribution in [0.15, 0.2) is 90.1 Å². The summed E-state index contributed by atoms with van der Waals surface area (Å²) in [5.74, 6) is 0.770. The second-order valence-electron chi connectivity index (χ2n) is 4.85. The van der Waals surface area contributed by atoms with Crippen LogP contribution in [-0.2, 0) is 5.75 Å². The first-order valence-electron chi connectivity index (χ1n) is 7.39. The summed E-state index contributed by atoms with van der Waals surface area (Å²) in [4.78, 5) is 9.07. The number of aliphatic imine (C=N–C) groups is 1. The SMILES string of the molecule is c1ccc(N=C(Nc2ccccc2)SCc2ccccn2)cc1. The average molecular weight is 319 g/mol. The van der Waals surface area contributed by atoms with Gasteiger partial charge in [-0.3, -0.25) is 4.98 Å². The highest BCUT2D eigenvalue weighted by Crippen LogP contribution is 2.19. The summed E-state index contributed by atoms with van der Waals surface area (Å²) >= 11 is 1.64. The number of benzene rings is 2. The summed E-state index contributed by atoms with van der Waals surface area (Å²) in [6.45, 7) is 0. The van der Waals surface area contributed by atoms with Crippen molar-refractivity contribution in [3.05, 3.63) is 90.8 Å². The first-order valence-corrected chi connectivity index (χ1v) is 8.37. The molecule has 0 saturated heterocycles. The van der Waals surface area contributed by atoms with E-state index in [1.54, 1.807) is 11.8 Å². The molecule has 0 bridgehead atoms. The van der Waals surface area contributed by atoms with Crippen LogP contribution >= 0.6 is 11.8 Å². The largest absolute Gasteiger partial charge is 0.335 e. The Morgan fingerprint density at radius 2 is 1.57 bits per heavy atom. The Hall–Kier alpha value is -2.59. The van der Waals surface area contributed by atoms with Crippen LogP contribution < -0.4 is 5.32 Å². The lowest BCUT2D eigenvalue weighted by atomic mass is 10.3. The van der Waals surface area contributed by atoms with Crippen molar-refractivity contribution in [2.75, 3.05) is 5.32 Å². The fourth-order valence-corrected chi connectivity index (χ4v) is 2.80. The molecule has 3 nitrogen and oxygen atoms in total. The molecule has 4 heteroatoms. The molecule has 0 aliphatic heterocycles. The van der Waals surface area contributed by atoms with Crippen molar-refractivity contribution in [1.82, 2.24) is 4.98 Å². The summed E-state index contributed by atoms with van der Waals surface area (Å²) in [6.07, 6.45) is 1.81. The quantitative estimate of drug-likeness (QED) is 0.536. The highest BCUT2D eigenvalue weighted by atomic mass is 32.2. The maximum absolute atomic E-state index is 4.71. The number of hydrogen-bond acceptors (Lipinski definition) is 3. The van der Waals surface area contributed by atoms with Crippen molar-refractivity contribution in [2.45, 2.75) is 5.75 Å². The minimum absolute atomic E-state index is 0.770. The predicted molar refractivity (Wildman–Crippen MR) is 99.1 cm³/mol. The normalized spacial score (nSPS) is 11.2. The first-order chi connectivity index (χ1) is 11.4. The van der Waals surface area contributed by atoms with E-state index in [-0.39, 0.29) is 0 Å². The van der Waals surface area contributed by atoms with Crippen LogP contribution in [0.25, 0.3) is 0 Å². The van der Waals surface area contributed by atoms with Gasteiger partial charge in [0.1, 0.15) is 0 Å². The molecular formula is C19H17N3S. The van der Waals surface area contributed by atoms with Gasteiger partial charge in [0.05, 0.1) is 11.4 Å². The van der Waals surface area contributed by atoms with Gasteiger partial charge in [-0.2, -0.15) is 0 Å². The van der Waals surface area contributed by atoms with Crippen LogP contribution in [-0.4, -0.2) is 10.2 Å². The van der Waals surface area contributed by atoms with Gasteiger partial charge in [0.15, 0.2) is 5.17 Å². The number of hydrogen-bond donors (Lipinski definition) is 1. The molecule has 0 fully saturated rings. The molecule has 1 heterocycles. The van der Waals surface area contributed by atoms with E-state index in [1.165, 1.54) is 0 Å². The highest BCUT2D eigenvalue weighted by Gasteiger charge is 2.04. The maximum Gasteiger partial charge on any atom is 0.166 e. The van der Waals surface area contributed by atoms with Gasteiger partial charge in [-0.15, -0.1) is 0 Å². The van der Waals surface area contributed by atoms with Gasteiger partial charge in [0.2, 0.25) is 0 Å². The number of anilines is 1. The molecule has 0 unspecified atom stereocenters. The summed E-state index contributed by atoms with van der Waals surface area (Å²) in [6, 6.07) is 26.0. The second-order valence-corrected chi connectivity index (χ2v) is 5.82. The number of aromatic nitrogens is 1. The van der Waals surface area contributed by atoms with Crippen molar-refractivity contribution in [1.29, 1.82) is 0 Å². The van der Waals surface area contributed by atoms with Crippen LogP contribution in [0.1, 0.15) is 5.69 Å². The van der Waals surface area contributed by atoms with Gasteiger partial charge in [0, 0.05) is 17.6 Å². The smallest absolute Gasteiger partial charge is 0.166 e. The van der Waals surface area contributed by atoms with E-state index >= 15 is 0 Å².